The monoisotopic (exact) mass is 566 g/mol. The summed E-state index contributed by atoms with van der Waals surface area (Å²) in [5, 5.41) is 9.36. The number of Topliss-reactive ketones (excluding diaryl/α,β-unsaturated/α-hetero) is 1. The third kappa shape index (κ3) is 6.48. The Kier molecular flexibility index (Phi) is 9.54. The highest BCUT2D eigenvalue weighted by Gasteiger charge is 2.44. The third-order valence-corrected chi connectivity index (χ3v) is 8.33. The van der Waals surface area contributed by atoms with Crippen LogP contribution in [0.2, 0.25) is 0 Å². The number of allylic oxidation sites excluding steroid dienone is 1. The van der Waals surface area contributed by atoms with Gasteiger partial charge in [0.15, 0.2) is 5.78 Å². The van der Waals surface area contributed by atoms with Gasteiger partial charge in [0.2, 0.25) is 0 Å². The van der Waals surface area contributed by atoms with Crippen LogP contribution in [0.4, 0.5) is 23.7 Å². The number of alkyl halides is 3. The first kappa shape index (κ1) is 30.3. The molecule has 0 spiro atoms. The van der Waals surface area contributed by atoms with E-state index in [4.69, 9.17) is 0 Å². The van der Waals surface area contributed by atoms with Crippen molar-refractivity contribution in [2.75, 3.05) is 31.1 Å². The van der Waals surface area contributed by atoms with Crippen LogP contribution >= 0.6 is 0 Å². The molecule has 2 aliphatic rings. The molecular weight excluding hydrogens is 529 g/mol. The molecule has 0 radical (unpaired) electrons. The molecule has 2 amide bonds. The number of urea groups is 1. The fraction of sp³-hybridized carbons (Fsp3) is 0.469. The molecule has 218 valence electrons. The van der Waals surface area contributed by atoms with Crippen molar-refractivity contribution in [1.29, 1.82) is 5.26 Å². The number of amides is 2. The molecule has 0 N–H and O–H groups in total. The van der Waals surface area contributed by atoms with Crippen molar-refractivity contribution >= 4 is 17.5 Å². The molecular formula is C32H37F3N4O2. The van der Waals surface area contributed by atoms with Gasteiger partial charge >= 0.3 is 12.2 Å². The Balaban J connectivity index is 1.91. The summed E-state index contributed by atoms with van der Waals surface area (Å²) >= 11 is 0. The van der Waals surface area contributed by atoms with Crippen molar-refractivity contribution < 1.29 is 22.8 Å². The number of benzene rings is 2. The molecule has 1 saturated carbocycles. The van der Waals surface area contributed by atoms with E-state index < -0.39 is 23.8 Å². The van der Waals surface area contributed by atoms with Gasteiger partial charge in [-0.3, -0.25) is 9.69 Å². The Morgan fingerprint density at radius 2 is 1.71 bits per heavy atom. The van der Waals surface area contributed by atoms with Gasteiger partial charge < -0.3 is 9.80 Å². The van der Waals surface area contributed by atoms with Crippen molar-refractivity contribution in [3.8, 4) is 6.07 Å². The zero-order chi connectivity index (χ0) is 29.7. The normalized spacial score (nSPS) is 18.7. The molecule has 0 aromatic heterocycles. The van der Waals surface area contributed by atoms with Crippen molar-refractivity contribution in [2.45, 2.75) is 65.1 Å². The fourth-order valence-corrected chi connectivity index (χ4v) is 5.98. The van der Waals surface area contributed by atoms with E-state index in [1.807, 2.05) is 13.8 Å². The minimum Gasteiger partial charge on any atom is -0.311 e. The number of carbonyl (C=O) groups excluding carboxylic acids is 2. The molecule has 1 atom stereocenters. The van der Waals surface area contributed by atoms with Crippen molar-refractivity contribution in [2.24, 2.45) is 5.92 Å². The standard InChI is InChI=1S/C32H37F3N4O2/c1-4-37(5-2)18-19-38-29(24-16-14-23(21-36)15-17-24)28(30(40)25-10-7-6-8-11-25)22(3)39(31(38)41)27-13-9-12-26(20-27)32(33,34)35/h9,12-17,20,25,29H,4-8,10-11,18-19H2,1-3H3. The lowest BCUT2D eigenvalue weighted by Gasteiger charge is -2.44. The molecule has 41 heavy (non-hydrogen) atoms. The van der Waals surface area contributed by atoms with E-state index in [-0.39, 0.29) is 23.9 Å². The lowest BCUT2D eigenvalue weighted by Crippen LogP contribution is -2.53. The summed E-state index contributed by atoms with van der Waals surface area (Å²) in [4.78, 5) is 33.6. The number of hydrogen-bond donors (Lipinski definition) is 0. The SMILES string of the molecule is CCN(CC)CCN1C(=O)N(c2cccc(C(F)(F)F)c2)C(C)=C(C(=O)C2CCCCC2)C1c1ccc(C#N)cc1. The number of hydrogen-bond acceptors (Lipinski definition) is 4. The Morgan fingerprint density at radius 3 is 2.29 bits per heavy atom. The molecule has 1 aliphatic carbocycles. The van der Waals surface area contributed by atoms with Crippen molar-refractivity contribution in [3.63, 3.8) is 0 Å². The average molecular weight is 567 g/mol. The smallest absolute Gasteiger partial charge is 0.311 e. The van der Waals surface area contributed by atoms with Crippen LogP contribution < -0.4 is 4.90 Å². The quantitative estimate of drug-likeness (QED) is 0.319. The van der Waals surface area contributed by atoms with Crippen LogP contribution in [0, 0.1) is 17.2 Å². The van der Waals surface area contributed by atoms with Crippen LogP contribution in [0.5, 0.6) is 0 Å². The number of likely N-dealkylation sites (N-methyl/N-ethyl adjacent to an activating group) is 1. The second kappa shape index (κ2) is 12.9. The summed E-state index contributed by atoms with van der Waals surface area (Å²) in [7, 11) is 0. The lowest BCUT2D eigenvalue weighted by molar-refractivity contribution is -0.137. The number of ketones is 1. The number of carbonyl (C=O) groups is 2. The highest BCUT2D eigenvalue weighted by atomic mass is 19.4. The first-order chi connectivity index (χ1) is 19.6. The van der Waals surface area contributed by atoms with E-state index in [1.165, 1.54) is 17.0 Å². The Hall–Kier alpha value is -3.64. The minimum absolute atomic E-state index is 0.0612. The third-order valence-electron chi connectivity index (χ3n) is 8.33. The molecule has 6 nitrogen and oxygen atoms in total. The number of rotatable bonds is 9. The Bertz CT molecular complexity index is 1320. The number of anilines is 1. The van der Waals surface area contributed by atoms with E-state index in [0.29, 0.717) is 28.9 Å². The topological polar surface area (TPSA) is 67.7 Å². The van der Waals surface area contributed by atoms with Crippen LogP contribution in [0.3, 0.4) is 0 Å². The predicted octanol–water partition coefficient (Wildman–Crippen LogP) is 7.33. The van der Waals surface area contributed by atoms with Gasteiger partial charge in [-0.05, 0) is 68.8 Å². The first-order valence-electron chi connectivity index (χ1n) is 14.4. The van der Waals surface area contributed by atoms with E-state index in [1.54, 1.807) is 36.1 Å². The van der Waals surface area contributed by atoms with Crippen molar-refractivity contribution in [3.05, 3.63) is 76.5 Å². The molecule has 1 aliphatic heterocycles. The molecule has 2 aromatic carbocycles. The second-order valence-electron chi connectivity index (χ2n) is 10.7. The van der Waals surface area contributed by atoms with Gasteiger partial charge in [0, 0.05) is 30.3 Å². The fourth-order valence-electron chi connectivity index (χ4n) is 5.98. The molecule has 9 heteroatoms. The molecule has 1 unspecified atom stereocenters. The summed E-state index contributed by atoms with van der Waals surface area (Å²) in [5.41, 5.74) is 1.13. The summed E-state index contributed by atoms with van der Waals surface area (Å²) in [6.45, 7) is 8.04. The number of halogens is 3. The van der Waals surface area contributed by atoms with Gasteiger partial charge in [0.1, 0.15) is 0 Å². The van der Waals surface area contributed by atoms with Crippen LogP contribution in [0.25, 0.3) is 0 Å². The molecule has 4 rings (SSSR count). The van der Waals surface area contributed by atoms with Crippen LogP contribution in [0.15, 0.2) is 59.8 Å². The van der Waals surface area contributed by atoms with Gasteiger partial charge in [-0.2, -0.15) is 18.4 Å². The zero-order valence-corrected chi connectivity index (χ0v) is 23.9. The maximum atomic E-state index is 14.3. The first-order valence-corrected chi connectivity index (χ1v) is 14.4. The van der Waals surface area contributed by atoms with E-state index in [2.05, 4.69) is 11.0 Å². The van der Waals surface area contributed by atoms with Gasteiger partial charge in [0.25, 0.3) is 0 Å². The molecule has 1 fully saturated rings. The number of nitrogens with zero attached hydrogens (tertiary/aromatic N) is 4. The molecule has 0 saturated heterocycles. The summed E-state index contributed by atoms with van der Waals surface area (Å²) in [5.74, 6) is -0.273. The second-order valence-corrected chi connectivity index (χ2v) is 10.7. The Morgan fingerprint density at radius 1 is 1.05 bits per heavy atom. The van der Waals surface area contributed by atoms with Crippen LogP contribution in [-0.2, 0) is 11.0 Å². The van der Waals surface area contributed by atoms with Gasteiger partial charge in [0.05, 0.1) is 28.9 Å². The van der Waals surface area contributed by atoms with Gasteiger partial charge in [-0.15, -0.1) is 0 Å². The van der Waals surface area contributed by atoms with Gasteiger partial charge in [-0.1, -0.05) is 51.3 Å². The zero-order valence-electron chi connectivity index (χ0n) is 23.9. The van der Waals surface area contributed by atoms with E-state index in [9.17, 15) is 28.0 Å². The van der Waals surface area contributed by atoms with E-state index in [0.717, 1.165) is 57.3 Å². The van der Waals surface area contributed by atoms with Crippen molar-refractivity contribution in [1.82, 2.24) is 9.80 Å². The van der Waals surface area contributed by atoms with E-state index >= 15 is 0 Å². The predicted molar refractivity (Wildman–Crippen MR) is 152 cm³/mol. The maximum Gasteiger partial charge on any atom is 0.416 e. The lowest BCUT2D eigenvalue weighted by atomic mass is 9.79. The van der Waals surface area contributed by atoms with Gasteiger partial charge in [-0.25, -0.2) is 4.79 Å². The molecule has 0 bridgehead atoms. The van der Waals surface area contributed by atoms with Crippen LogP contribution in [-0.4, -0.2) is 47.8 Å². The highest BCUT2D eigenvalue weighted by Crippen LogP contribution is 2.43. The number of nitriles is 1. The summed E-state index contributed by atoms with van der Waals surface area (Å²) in [6.07, 6.45) is -0.163. The average Bonchev–Trinajstić information content (AvgIpc) is 2.98. The maximum absolute atomic E-state index is 14.3. The largest absolute Gasteiger partial charge is 0.416 e. The highest BCUT2D eigenvalue weighted by molar-refractivity contribution is 6.06. The van der Waals surface area contributed by atoms with Crippen LogP contribution in [0.1, 0.15) is 75.6 Å². The molecule has 1 heterocycles. The molecule has 2 aromatic rings. The minimum atomic E-state index is -4.58. The summed E-state index contributed by atoms with van der Waals surface area (Å²) < 4.78 is 41.0. The summed E-state index contributed by atoms with van der Waals surface area (Å²) in [6, 6.07) is 12.5. The Labute approximate surface area is 240 Å².